The van der Waals surface area contributed by atoms with E-state index in [1.807, 2.05) is 13.8 Å². The third-order valence-corrected chi connectivity index (χ3v) is 2.99. The molecule has 0 bridgehead atoms. The summed E-state index contributed by atoms with van der Waals surface area (Å²) >= 11 is 0. The lowest BCUT2D eigenvalue weighted by molar-refractivity contribution is -0.137. The smallest absolute Gasteiger partial charge is 0.323 e. The molecule has 108 valence electrons. The third kappa shape index (κ3) is 5.30. The maximum Gasteiger partial charge on any atom is 0.323 e. The highest BCUT2D eigenvalue weighted by molar-refractivity contribution is 5.80. The summed E-state index contributed by atoms with van der Waals surface area (Å²) in [6.07, 6.45) is 2.97. The molecule has 0 saturated carbocycles. The summed E-state index contributed by atoms with van der Waals surface area (Å²) < 4.78 is 5.57. The third-order valence-electron chi connectivity index (χ3n) is 2.99. The highest BCUT2D eigenvalue weighted by atomic mass is 16.5. The van der Waals surface area contributed by atoms with Gasteiger partial charge in [-0.15, -0.1) is 6.58 Å². The lowest BCUT2D eigenvalue weighted by Crippen LogP contribution is -2.51. The van der Waals surface area contributed by atoms with Crippen LogP contribution in [0.4, 0.5) is 4.79 Å². The predicted molar refractivity (Wildman–Crippen MR) is 71.0 cm³/mol. The second-order valence-electron chi connectivity index (χ2n) is 5.31. The van der Waals surface area contributed by atoms with Crippen molar-refractivity contribution in [2.75, 3.05) is 19.7 Å². The minimum Gasteiger partial charge on any atom is -0.480 e. The van der Waals surface area contributed by atoms with Gasteiger partial charge in [-0.2, -0.15) is 0 Å². The molecule has 1 saturated heterocycles. The van der Waals surface area contributed by atoms with Crippen molar-refractivity contribution in [3.05, 3.63) is 12.7 Å². The summed E-state index contributed by atoms with van der Waals surface area (Å²) in [5.41, 5.74) is -0.258. The Labute approximate surface area is 113 Å². The highest BCUT2D eigenvalue weighted by Gasteiger charge is 2.30. The SMILES string of the molecule is C=CCN(CC(=O)O)C(=O)NC1CCOC(C)(C)C1. The maximum atomic E-state index is 12.0. The maximum absolute atomic E-state index is 12.0. The Morgan fingerprint density at radius 3 is 2.79 bits per heavy atom. The van der Waals surface area contributed by atoms with Crippen LogP contribution < -0.4 is 5.32 Å². The van der Waals surface area contributed by atoms with E-state index in [4.69, 9.17) is 9.84 Å². The first kappa shape index (κ1) is 15.5. The number of carbonyl (C=O) groups is 2. The molecule has 1 unspecified atom stereocenters. The summed E-state index contributed by atoms with van der Waals surface area (Å²) in [6.45, 7) is 7.96. The van der Waals surface area contributed by atoms with Crippen LogP contribution in [-0.2, 0) is 9.53 Å². The summed E-state index contributed by atoms with van der Waals surface area (Å²) in [5.74, 6) is -1.04. The summed E-state index contributed by atoms with van der Waals surface area (Å²) in [5, 5.41) is 11.6. The number of amides is 2. The molecule has 2 N–H and O–H groups in total. The lowest BCUT2D eigenvalue weighted by atomic mass is 9.94. The fourth-order valence-corrected chi connectivity index (χ4v) is 2.16. The molecule has 0 spiro atoms. The van der Waals surface area contributed by atoms with Crippen molar-refractivity contribution in [1.82, 2.24) is 10.2 Å². The summed E-state index contributed by atoms with van der Waals surface area (Å²) in [6, 6.07) is -0.359. The highest BCUT2D eigenvalue weighted by Crippen LogP contribution is 2.23. The number of nitrogens with zero attached hydrogens (tertiary/aromatic N) is 1. The van der Waals surface area contributed by atoms with E-state index < -0.39 is 5.97 Å². The zero-order valence-electron chi connectivity index (χ0n) is 11.5. The van der Waals surface area contributed by atoms with Crippen molar-refractivity contribution < 1.29 is 19.4 Å². The van der Waals surface area contributed by atoms with Crippen LogP contribution in [0.5, 0.6) is 0 Å². The molecule has 19 heavy (non-hydrogen) atoms. The fraction of sp³-hybridized carbons (Fsp3) is 0.692. The van der Waals surface area contributed by atoms with Crippen LogP contribution in [-0.4, -0.2) is 53.3 Å². The van der Waals surface area contributed by atoms with E-state index in [1.54, 1.807) is 0 Å². The van der Waals surface area contributed by atoms with Gasteiger partial charge in [-0.05, 0) is 26.7 Å². The normalized spacial score (nSPS) is 21.5. The van der Waals surface area contributed by atoms with Gasteiger partial charge in [0.15, 0.2) is 0 Å². The Kier molecular flexibility index (Phi) is 5.35. The molecule has 1 heterocycles. The van der Waals surface area contributed by atoms with E-state index in [0.717, 1.165) is 6.42 Å². The van der Waals surface area contributed by atoms with Crippen molar-refractivity contribution in [2.45, 2.75) is 38.3 Å². The molecular weight excluding hydrogens is 248 g/mol. The van der Waals surface area contributed by atoms with E-state index in [0.29, 0.717) is 13.0 Å². The number of hydrogen-bond donors (Lipinski definition) is 2. The molecule has 1 aliphatic heterocycles. The number of ether oxygens (including phenoxy) is 1. The van der Waals surface area contributed by atoms with Crippen LogP contribution in [0, 0.1) is 0 Å². The van der Waals surface area contributed by atoms with Gasteiger partial charge < -0.3 is 20.1 Å². The topological polar surface area (TPSA) is 78.9 Å². The van der Waals surface area contributed by atoms with Gasteiger partial charge >= 0.3 is 12.0 Å². The number of rotatable bonds is 5. The molecule has 1 atom stereocenters. The standard InChI is InChI=1S/C13H22N2O4/c1-4-6-15(9-11(16)17)12(18)14-10-5-7-19-13(2,3)8-10/h4,10H,1,5-9H2,2-3H3,(H,14,18)(H,16,17). The van der Waals surface area contributed by atoms with Gasteiger partial charge in [0.25, 0.3) is 0 Å². The number of carbonyl (C=O) groups excluding carboxylic acids is 1. The van der Waals surface area contributed by atoms with Gasteiger partial charge in [0.2, 0.25) is 0 Å². The number of carboxylic acid groups (broad SMARTS) is 1. The lowest BCUT2D eigenvalue weighted by Gasteiger charge is -2.36. The quantitative estimate of drug-likeness (QED) is 0.736. The average Bonchev–Trinajstić information content (AvgIpc) is 2.26. The van der Waals surface area contributed by atoms with Gasteiger partial charge in [-0.3, -0.25) is 4.79 Å². The first-order valence-electron chi connectivity index (χ1n) is 6.36. The molecule has 0 aromatic heterocycles. The van der Waals surface area contributed by atoms with Crippen LogP contribution in [0.2, 0.25) is 0 Å². The van der Waals surface area contributed by atoms with Crippen LogP contribution in [0.3, 0.4) is 0 Å². The van der Waals surface area contributed by atoms with Gasteiger partial charge in [0, 0.05) is 19.2 Å². The minimum absolute atomic E-state index is 0.0114. The van der Waals surface area contributed by atoms with Crippen LogP contribution in [0.1, 0.15) is 26.7 Å². The second-order valence-corrected chi connectivity index (χ2v) is 5.31. The minimum atomic E-state index is -1.04. The summed E-state index contributed by atoms with van der Waals surface area (Å²) in [7, 11) is 0. The van der Waals surface area contributed by atoms with E-state index in [1.165, 1.54) is 11.0 Å². The van der Waals surface area contributed by atoms with Crippen molar-refractivity contribution >= 4 is 12.0 Å². The average molecular weight is 270 g/mol. The molecule has 0 aliphatic carbocycles. The molecule has 6 heteroatoms. The van der Waals surface area contributed by atoms with Crippen molar-refractivity contribution in [3.8, 4) is 0 Å². The van der Waals surface area contributed by atoms with Gasteiger partial charge in [-0.25, -0.2) is 4.79 Å². The fourth-order valence-electron chi connectivity index (χ4n) is 2.16. The molecular formula is C13H22N2O4. The Morgan fingerprint density at radius 2 is 2.26 bits per heavy atom. The van der Waals surface area contributed by atoms with Gasteiger partial charge in [-0.1, -0.05) is 6.08 Å². The number of aliphatic carboxylic acids is 1. The molecule has 6 nitrogen and oxygen atoms in total. The zero-order chi connectivity index (χ0) is 14.5. The predicted octanol–water partition coefficient (Wildman–Crippen LogP) is 1.23. The number of hydrogen-bond acceptors (Lipinski definition) is 3. The Bertz CT molecular complexity index is 355. The molecule has 1 rings (SSSR count). The van der Waals surface area contributed by atoms with E-state index in [2.05, 4.69) is 11.9 Å². The van der Waals surface area contributed by atoms with Gasteiger partial charge in [0.1, 0.15) is 6.54 Å². The van der Waals surface area contributed by atoms with Crippen LogP contribution in [0.15, 0.2) is 12.7 Å². The van der Waals surface area contributed by atoms with Crippen LogP contribution >= 0.6 is 0 Å². The largest absolute Gasteiger partial charge is 0.480 e. The van der Waals surface area contributed by atoms with E-state index in [-0.39, 0.29) is 30.8 Å². The number of urea groups is 1. The molecule has 1 aliphatic rings. The van der Waals surface area contributed by atoms with Crippen molar-refractivity contribution in [2.24, 2.45) is 0 Å². The zero-order valence-corrected chi connectivity index (χ0v) is 11.5. The van der Waals surface area contributed by atoms with Crippen LogP contribution in [0.25, 0.3) is 0 Å². The number of carboxylic acids is 1. The molecule has 2 amide bonds. The van der Waals surface area contributed by atoms with E-state index in [9.17, 15) is 9.59 Å². The Balaban J connectivity index is 2.55. The molecule has 1 fully saturated rings. The Morgan fingerprint density at radius 1 is 1.58 bits per heavy atom. The molecule has 0 radical (unpaired) electrons. The Hall–Kier alpha value is -1.56. The van der Waals surface area contributed by atoms with E-state index >= 15 is 0 Å². The summed E-state index contributed by atoms with van der Waals surface area (Å²) in [4.78, 5) is 23.9. The monoisotopic (exact) mass is 270 g/mol. The number of nitrogens with one attached hydrogen (secondary N) is 1. The second kappa shape index (κ2) is 6.56. The van der Waals surface area contributed by atoms with Crippen molar-refractivity contribution in [1.29, 1.82) is 0 Å². The first-order valence-corrected chi connectivity index (χ1v) is 6.36. The first-order chi connectivity index (χ1) is 8.84. The van der Waals surface area contributed by atoms with Gasteiger partial charge in [0.05, 0.1) is 5.60 Å². The molecule has 0 aromatic rings. The molecule has 0 aromatic carbocycles. The van der Waals surface area contributed by atoms with Crippen molar-refractivity contribution in [3.63, 3.8) is 0 Å².